The van der Waals surface area contributed by atoms with Crippen molar-refractivity contribution in [2.75, 3.05) is 13.7 Å². The van der Waals surface area contributed by atoms with Crippen LogP contribution in [0.2, 0.25) is 0 Å². The lowest BCUT2D eigenvalue weighted by atomic mass is 9.96. The number of sulfonamides is 1. The van der Waals surface area contributed by atoms with Crippen LogP contribution < -0.4 is 4.74 Å². The second kappa shape index (κ2) is 7.07. The SMILES string of the molecule is CCOc1ccc(S(=O)(=O)N(C)C2CCCCC2)c2cccnc12. The van der Waals surface area contributed by atoms with Gasteiger partial charge in [0.1, 0.15) is 11.3 Å². The van der Waals surface area contributed by atoms with E-state index in [4.69, 9.17) is 4.74 Å². The number of pyridine rings is 1. The van der Waals surface area contributed by atoms with Crippen molar-refractivity contribution in [1.82, 2.24) is 9.29 Å². The lowest BCUT2D eigenvalue weighted by Gasteiger charge is -2.30. The molecule has 0 bridgehead atoms. The number of aromatic nitrogens is 1. The predicted octanol–water partition coefficient (Wildman–Crippen LogP) is 3.59. The Labute approximate surface area is 143 Å². The van der Waals surface area contributed by atoms with Gasteiger partial charge in [-0.05, 0) is 44.0 Å². The Hall–Kier alpha value is -1.66. The maximum atomic E-state index is 13.2. The fourth-order valence-corrected chi connectivity index (χ4v) is 5.01. The van der Waals surface area contributed by atoms with Crippen LogP contribution in [0.4, 0.5) is 0 Å². The van der Waals surface area contributed by atoms with Gasteiger partial charge >= 0.3 is 0 Å². The lowest BCUT2D eigenvalue weighted by molar-refractivity contribution is 0.286. The van der Waals surface area contributed by atoms with E-state index in [1.807, 2.05) is 6.92 Å². The van der Waals surface area contributed by atoms with Gasteiger partial charge in [-0.25, -0.2) is 8.42 Å². The first-order chi connectivity index (χ1) is 11.6. The van der Waals surface area contributed by atoms with Crippen molar-refractivity contribution < 1.29 is 13.2 Å². The molecule has 0 atom stereocenters. The molecule has 0 aliphatic heterocycles. The normalized spacial score (nSPS) is 16.6. The summed E-state index contributed by atoms with van der Waals surface area (Å²) in [5.41, 5.74) is 0.595. The fourth-order valence-electron chi connectivity index (χ4n) is 3.41. The topological polar surface area (TPSA) is 59.5 Å². The molecule has 1 saturated carbocycles. The molecule has 1 heterocycles. The van der Waals surface area contributed by atoms with Gasteiger partial charge in [0, 0.05) is 24.7 Å². The molecule has 24 heavy (non-hydrogen) atoms. The number of hydrogen-bond acceptors (Lipinski definition) is 4. The third-order valence-corrected chi connectivity index (χ3v) is 6.71. The molecule has 0 unspecified atom stereocenters. The number of nitrogens with zero attached hydrogens (tertiary/aromatic N) is 2. The highest BCUT2D eigenvalue weighted by Crippen LogP contribution is 2.33. The first-order valence-electron chi connectivity index (χ1n) is 8.54. The Morgan fingerprint density at radius 1 is 1.21 bits per heavy atom. The van der Waals surface area contributed by atoms with E-state index in [0.717, 1.165) is 25.7 Å². The number of benzene rings is 1. The van der Waals surface area contributed by atoms with Gasteiger partial charge in [-0.15, -0.1) is 0 Å². The molecule has 1 aromatic heterocycles. The van der Waals surface area contributed by atoms with Crippen LogP contribution in [0.15, 0.2) is 35.4 Å². The minimum Gasteiger partial charge on any atom is -0.492 e. The molecule has 0 N–H and O–H groups in total. The van der Waals surface area contributed by atoms with Crippen molar-refractivity contribution in [1.29, 1.82) is 0 Å². The number of rotatable bonds is 5. The second-order valence-electron chi connectivity index (χ2n) is 6.21. The van der Waals surface area contributed by atoms with Gasteiger partial charge in [-0.2, -0.15) is 4.31 Å². The average Bonchev–Trinajstić information content (AvgIpc) is 2.62. The molecule has 0 spiro atoms. The van der Waals surface area contributed by atoms with Crippen molar-refractivity contribution in [2.45, 2.75) is 50.0 Å². The molecule has 5 nitrogen and oxygen atoms in total. The van der Waals surface area contributed by atoms with Crippen LogP contribution in [0.3, 0.4) is 0 Å². The van der Waals surface area contributed by atoms with Gasteiger partial charge in [0.25, 0.3) is 0 Å². The Bertz CT molecular complexity index is 814. The third kappa shape index (κ3) is 3.13. The molecule has 3 rings (SSSR count). The number of ether oxygens (including phenoxy) is 1. The smallest absolute Gasteiger partial charge is 0.243 e. The molecule has 0 saturated heterocycles. The zero-order valence-electron chi connectivity index (χ0n) is 14.2. The molecule has 2 aromatic rings. The van der Waals surface area contributed by atoms with E-state index in [1.54, 1.807) is 41.8 Å². The first-order valence-corrected chi connectivity index (χ1v) is 9.98. The molecular formula is C18H24N2O3S. The minimum absolute atomic E-state index is 0.0852. The molecule has 0 radical (unpaired) electrons. The number of fused-ring (bicyclic) bond motifs is 1. The Morgan fingerprint density at radius 2 is 1.96 bits per heavy atom. The molecular weight excluding hydrogens is 324 g/mol. The molecule has 1 aromatic carbocycles. The second-order valence-corrected chi connectivity index (χ2v) is 8.17. The summed E-state index contributed by atoms with van der Waals surface area (Å²) in [6.07, 6.45) is 6.91. The Kier molecular flexibility index (Phi) is 5.06. The summed E-state index contributed by atoms with van der Waals surface area (Å²) < 4.78 is 33.5. The summed E-state index contributed by atoms with van der Waals surface area (Å²) in [6.45, 7) is 2.41. The van der Waals surface area contributed by atoms with Crippen molar-refractivity contribution >= 4 is 20.9 Å². The molecule has 130 valence electrons. The summed E-state index contributed by atoms with van der Waals surface area (Å²) in [4.78, 5) is 4.65. The summed E-state index contributed by atoms with van der Waals surface area (Å²) in [7, 11) is -1.86. The van der Waals surface area contributed by atoms with Gasteiger partial charge in [0.15, 0.2) is 0 Å². The van der Waals surface area contributed by atoms with E-state index in [0.29, 0.717) is 28.2 Å². The van der Waals surface area contributed by atoms with Crippen LogP contribution in [0.25, 0.3) is 10.9 Å². The first kappa shape index (κ1) is 17.2. The van der Waals surface area contributed by atoms with E-state index < -0.39 is 10.0 Å². The van der Waals surface area contributed by atoms with Gasteiger partial charge in [-0.3, -0.25) is 4.98 Å². The monoisotopic (exact) mass is 348 g/mol. The molecule has 0 amide bonds. The highest BCUT2D eigenvalue weighted by molar-refractivity contribution is 7.89. The van der Waals surface area contributed by atoms with Crippen molar-refractivity contribution in [3.63, 3.8) is 0 Å². The summed E-state index contributed by atoms with van der Waals surface area (Å²) in [5, 5.41) is 0.617. The van der Waals surface area contributed by atoms with E-state index in [9.17, 15) is 8.42 Å². The maximum absolute atomic E-state index is 13.2. The van der Waals surface area contributed by atoms with Crippen LogP contribution in [-0.2, 0) is 10.0 Å². The highest BCUT2D eigenvalue weighted by Gasteiger charge is 2.30. The average molecular weight is 348 g/mol. The Balaban J connectivity index is 2.06. The quantitative estimate of drug-likeness (QED) is 0.828. The zero-order chi connectivity index (χ0) is 17.2. The maximum Gasteiger partial charge on any atom is 0.243 e. The van der Waals surface area contributed by atoms with E-state index in [2.05, 4.69) is 4.98 Å². The van der Waals surface area contributed by atoms with Crippen LogP contribution in [0.5, 0.6) is 5.75 Å². The van der Waals surface area contributed by atoms with Gasteiger partial charge < -0.3 is 4.74 Å². The van der Waals surface area contributed by atoms with Crippen LogP contribution in [0, 0.1) is 0 Å². The van der Waals surface area contributed by atoms with Crippen molar-refractivity contribution in [2.24, 2.45) is 0 Å². The van der Waals surface area contributed by atoms with Gasteiger partial charge in [0.05, 0.1) is 11.5 Å². The van der Waals surface area contributed by atoms with Crippen LogP contribution in [0.1, 0.15) is 39.0 Å². The third-order valence-electron chi connectivity index (χ3n) is 4.74. The lowest BCUT2D eigenvalue weighted by Crippen LogP contribution is -2.38. The number of hydrogen-bond donors (Lipinski definition) is 0. The van der Waals surface area contributed by atoms with E-state index in [-0.39, 0.29) is 6.04 Å². The van der Waals surface area contributed by atoms with Crippen LogP contribution in [-0.4, -0.2) is 37.4 Å². The predicted molar refractivity (Wildman–Crippen MR) is 94.7 cm³/mol. The summed E-state index contributed by atoms with van der Waals surface area (Å²) in [6, 6.07) is 7.00. The summed E-state index contributed by atoms with van der Waals surface area (Å²) in [5.74, 6) is 0.618. The zero-order valence-corrected chi connectivity index (χ0v) is 15.1. The fraction of sp³-hybridized carbons (Fsp3) is 0.500. The molecule has 1 aliphatic carbocycles. The van der Waals surface area contributed by atoms with Crippen molar-refractivity contribution in [3.8, 4) is 5.75 Å². The van der Waals surface area contributed by atoms with Crippen molar-refractivity contribution in [3.05, 3.63) is 30.5 Å². The van der Waals surface area contributed by atoms with E-state index in [1.165, 1.54) is 6.42 Å². The Morgan fingerprint density at radius 3 is 2.67 bits per heavy atom. The van der Waals surface area contributed by atoms with Crippen LogP contribution >= 0.6 is 0 Å². The largest absolute Gasteiger partial charge is 0.492 e. The highest BCUT2D eigenvalue weighted by atomic mass is 32.2. The van der Waals surface area contributed by atoms with Gasteiger partial charge in [-0.1, -0.05) is 19.3 Å². The molecule has 1 fully saturated rings. The van der Waals surface area contributed by atoms with E-state index >= 15 is 0 Å². The minimum atomic E-state index is -3.56. The molecule has 1 aliphatic rings. The molecule has 6 heteroatoms. The van der Waals surface area contributed by atoms with Gasteiger partial charge in [0.2, 0.25) is 10.0 Å². The summed E-state index contributed by atoms with van der Waals surface area (Å²) >= 11 is 0. The standard InChI is InChI=1S/C18H24N2O3S/c1-3-23-16-11-12-17(15-10-7-13-19-18(15)16)24(21,22)20(2)14-8-5-4-6-9-14/h7,10-14H,3-6,8-9H2,1-2H3.